The second kappa shape index (κ2) is 5.12. The molecule has 1 fully saturated rings. The van der Waals surface area contributed by atoms with E-state index in [1.54, 1.807) is 0 Å². The third kappa shape index (κ3) is 2.61. The molecule has 0 radical (unpaired) electrons. The summed E-state index contributed by atoms with van der Waals surface area (Å²) in [5.41, 5.74) is 1.81. The maximum atomic E-state index is 11.9. The molecule has 3 heteroatoms. The molecule has 0 spiro atoms. The number of rotatable bonds is 3. The van der Waals surface area contributed by atoms with Gasteiger partial charge in [0.15, 0.2) is 0 Å². The molecule has 1 aromatic rings. The molecule has 0 saturated carbocycles. The van der Waals surface area contributed by atoms with Gasteiger partial charge in [-0.05, 0) is 37.9 Å². The summed E-state index contributed by atoms with van der Waals surface area (Å²) in [5, 5.41) is 6.34. The second-order valence-corrected chi connectivity index (χ2v) is 4.32. The minimum Gasteiger partial charge on any atom is -0.350 e. The Morgan fingerprint density at radius 1 is 1.50 bits per heavy atom. The lowest BCUT2D eigenvalue weighted by Gasteiger charge is -2.12. The zero-order valence-electron chi connectivity index (χ0n) is 9.62. The highest BCUT2D eigenvalue weighted by atomic mass is 16.1. The number of amides is 1. The van der Waals surface area contributed by atoms with Gasteiger partial charge in [0.25, 0.3) is 5.91 Å². The molecule has 0 unspecified atom stereocenters. The minimum absolute atomic E-state index is 0.0341. The van der Waals surface area contributed by atoms with Crippen LogP contribution in [0.5, 0.6) is 0 Å². The van der Waals surface area contributed by atoms with Crippen molar-refractivity contribution in [2.75, 3.05) is 13.1 Å². The van der Waals surface area contributed by atoms with Gasteiger partial charge < -0.3 is 10.6 Å². The van der Waals surface area contributed by atoms with Crippen molar-refractivity contribution in [1.29, 1.82) is 0 Å². The van der Waals surface area contributed by atoms with Crippen molar-refractivity contribution in [1.82, 2.24) is 10.6 Å². The van der Waals surface area contributed by atoms with E-state index in [1.807, 2.05) is 31.2 Å². The highest BCUT2D eigenvalue weighted by Crippen LogP contribution is 2.07. The van der Waals surface area contributed by atoms with E-state index in [1.165, 1.54) is 6.42 Å². The van der Waals surface area contributed by atoms with Gasteiger partial charge in [0, 0.05) is 18.2 Å². The van der Waals surface area contributed by atoms with Gasteiger partial charge in [-0.2, -0.15) is 0 Å². The van der Waals surface area contributed by atoms with Gasteiger partial charge in [-0.1, -0.05) is 18.2 Å². The Labute approximate surface area is 96.2 Å². The molecule has 86 valence electrons. The molecule has 1 saturated heterocycles. The van der Waals surface area contributed by atoms with E-state index >= 15 is 0 Å². The third-order valence-corrected chi connectivity index (χ3v) is 3.06. The predicted octanol–water partition coefficient (Wildman–Crippen LogP) is 1.48. The van der Waals surface area contributed by atoms with Crippen LogP contribution >= 0.6 is 0 Å². The maximum absolute atomic E-state index is 11.9. The van der Waals surface area contributed by atoms with Gasteiger partial charge >= 0.3 is 0 Å². The van der Waals surface area contributed by atoms with E-state index in [0.717, 1.165) is 30.6 Å². The standard InChI is InChI=1S/C13H18N2O/c1-10-5-2-3-7-12(10)13(16)15-9-11-6-4-8-14-11/h2-3,5,7,11,14H,4,6,8-9H2,1H3,(H,15,16)/t11-/m1/s1. The Bertz CT molecular complexity index is 370. The summed E-state index contributed by atoms with van der Waals surface area (Å²) >= 11 is 0. The molecular weight excluding hydrogens is 200 g/mol. The fraction of sp³-hybridized carbons (Fsp3) is 0.462. The van der Waals surface area contributed by atoms with Gasteiger partial charge in [0.05, 0.1) is 0 Å². The smallest absolute Gasteiger partial charge is 0.251 e. The lowest BCUT2D eigenvalue weighted by Crippen LogP contribution is -2.37. The third-order valence-electron chi connectivity index (χ3n) is 3.06. The highest BCUT2D eigenvalue weighted by molar-refractivity contribution is 5.95. The first-order valence-electron chi connectivity index (χ1n) is 5.84. The number of carbonyl (C=O) groups is 1. The molecule has 16 heavy (non-hydrogen) atoms. The molecule has 1 heterocycles. The molecule has 0 bridgehead atoms. The van der Waals surface area contributed by atoms with Crippen LogP contribution in [-0.4, -0.2) is 25.0 Å². The Morgan fingerprint density at radius 2 is 2.31 bits per heavy atom. The Morgan fingerprint density at radius 3 is 3.00 bits per heavy atom. The van der Waals surface area contributed by atoms with E-state index in [4.69, 9.17) is 0 Å². The van der Waals surface area contributed by atoms with Crippen LogP contribution in [0.4, 0.5) is 0 Å². The van der Waals surface area contributed by atoms with Crippen molar-refractivity contribution >= 4 is 5.91 Å². The van der Waals surface area contributed by atoms with Crippen molar-refractivity contribution in [2.24, 2.45) is 0 Å². The maximum Gasteiger partial charge on any atom is 0.251 e. The zero-order valence-corrected chi connectivity index (χ0v) is 9.62. The minimum atomic E-state index is 0.0341. The molecule has 0 aliphatic carbocycles. The molecule has 1 amide bonds. The summed E-state index contributed by atoms with van der Waals surface area (Å²) in [6.07, 6.45) is 2.37. The SMILES string of the molecule is Cc1ccccc1C(=O)NC[C@H]1CCCN1. The normalized spacial score (nSPS) is 19.7. The van der Waals surface area contributed by atoms with Crippen molar-refractivity contribution in [2.45, 2.75) is 25.8 Å². The molecule has 0 aromatic heterocycles. The van der Waals surface area contributed by atoms with Crippen molar-refractivity contribution in [3.05, 3.63) is 35.4 Å². The van der Waals surface area contributed by atoms with Gasteiger partial charge in [0.1, 0.15) is 0 Å². The summed E-state index contributed by atoms with van der Waals surface area (Å²) < 4.78 is 0. The Hall–Kier alpha value is -1.35. The first-order chi connectivity index (χ1) is 7.77. The van der Waals surface area contributed by atoms with Gasteiger partial charge in [-0.25, -0.2) is 0 Å². The molecule has 3 nitrogen and oxygen atoms in total. The highest BCUT2D eigenvalue weighted by Gasteiger charge is 2.15. The molecule has 1 aliphatic heterocycles. The lowest BCUT2D eigenvalue weighted by molar-refractivity contribution is 0.0949. The van der Waals surface area contributed by atoms with E-state index in [2.05, 4.69) is 10.6 Å². The van der Waals surface area contributed by atoms with Gasteiger partial charge in [0.2, 0.25) is 0 Å². The quantitative estimate of drug-likeness (QED) is 0.806. The topological polar surface area (TPSA) is 41.1 Å². The number of carbonyl (C=O) groups excluding carboxylic acids is 1. The summed E-state index contributed by atoms with van der Waals surface area (Å²) in [6, 6.07) is 8.13. The molecule has 2 N–H and O–H groups in total. The Kier molecular flexibility index (Phi) is 3.57. The zero-order chi connectivity index (χ0) is 11.4. The predicted molar refractivity (Wildman–Crippen MR) is 64.5 cm³/mol. The first-order valence-corrected chi connectivity index (χ1v) is 5.84. The number of benzene rings is 1. The largest absolute Gasteiger partial charge is 0.350 e. The van der Waals surface area contributed by atoms with Crippen LogP contribution in [-0.2, 0) is 0 Å². The summed E-state index contributed by atoms with van der Waals surface area (Å²) in [6.45, 7) is 3.76. The fourth-order valence-corrected chi connectivity index (χ4v) is 2.07. The van der Waals surface area contributed by atoms with E-state index in [9.17, 15) is 4.79 Å². The average molecular weight is 218 g/mol. The van der Waals surface area contributed by atoms with Crippen LogP contribution in [0.15, 0.2) is 24.3 Å². The molecule has 1 atom stereocenters. The second-order valence-electron chi connectivity index (χ2n) is 4.32. The number of nitrogens with one attached hydrogen (secondary N) is 2. The van der Waals surface area contributed by atoms with Crippen LogP contribution in [0.1, 0.15) is 28.8 Å². The average Bonchev–Trinajstić information content (AvgIpc) is 2.79. The first kappa shape index (κ1) is 11.1. The van der Waals surface area contributed by atoms with Gasteiger partial charge in [-0.3, -0.25) is 4.79 Å². The van der Waals surface area contributed by atoms with Crippen LogP contribution in [0.25, 0.3) is 0 Å². The van der Waals surface area contributed by atoms with Crippen LogP contribution in [0, 0.1) is 6.92 Å². The van der Waals surface area contributed by atoms with Crippen LogP contribution in [0.3, 0.4) is 0 Å². The fourth-order valence-electron chi connectivity index (χ4n) is 2.07. The van der Waals surface area contributed by atoms with Crippen molar-refractivity contribution in [3.8, 4) is 0 Å². The number of hydrogen-bond donors (Lipinski definition) is 2. The molecule has 2 rings (SSSR count). The van der Waals surface area contributed by atoms with Crippen LogP contribution in [0.2, 0.25) is 0 Å². The van der Waals surface area contributed by atoms with Crippen molar-refractivity contribution in [3.63, 3.8) is 0 Å². The van der Waals surface area contributed by atoms with E-state index in [0.29, 0.717) is 6.04 Å². The van der Waals surface area contributed by atoms with Crippen molar-refractivity contribution < 1.29 is 4.79 Å². The lowest BCUT2D eigenvalue weighted by atomic mass is 10.1. The molecular formula is C13H18N2O. The van der Waals surface area contributed by atoms with E-state index in [-0.39, 0.29) is 5.91 Å². The monoisotopic (exact) mass is 218 g/mol. The summed E-state index contributed by atoms with van der Waals surface area (Å²) in [4.78, 5) is 11.9. The Balaban J connectivity index is 1.90. The molecule has 1 aromatic carbocycles. The van der Waals surface area contributed by atoms with Crippen LogP contribution < -0.4 is 10.6 Å². The van der Waals surface area contributed by atoms with E-state index < -0.39 is 0 Å². The summed E-state index contributed by atoms with van der Waals surface area (Å²) in [5.74, 6) is 0.0341. The number of aryl methyl sites for hydroxylation is 1. The molecule has 1 aliphatic rings. The summed E-state index contributed by atoms with van der Waals surface area (Å²) in [7, 11) is 0. The number of hydrogen-bond acceptors (Lipinski definition) is 2. The van der Waals surface area contributed by atoms with Gasteiger partial charge in [-0.15, -0.1) is 0 Å².